The molecule has 1 aliphatic rings. The minimum absolute atomic E-state index is 0. The highest BCUT2D eigenvalue weighted by molar-refractivity contribution is 9.10. The second kappa shape index (κ2) is 9.16. The Kier molecular flexibility index (Phi) is 9.26. The standard InChI is InChI=1S/C13H19BrN2.2ClH/c1-2-13(16-9-7-15-8-10-16)11-5-3-4-6-12(11)14;;/h3-6,13,15H,2,7-10H2,1H3;2*1H/t13-;;/m0../s1. The zero-order chi connectivity index (χ0) is 11.4. The molecule has 0 bridgehead atoms. The number of hydrogen-bond acceptors (Lipinski definition) is 2. The first-order valence-corrected chi connectivity index (χ1v) is 6.81. The summed E-state index contributed by atoms with van der Waals surface area (Å²) in [6, 6.07) is 9.14. The average Bonchev–Trinajstić information content (AvgIpc) is 2.34. The average molecular weight is 356 g/mol. The first-order chi connectivity index (χ1) is 7.83. The maximum atomic E-state index is 3.66. The predicted molar refractivity (Wildman–Crippen MR) is 86.1 cm³/mol. The third-order valence-electron chi connectivity index (χ3n) is 3.24. The molecule has 1 aromatic carbocycles. The summed E-state index contributed by atoms with van der Waals surface area (Å²) in [6.07, 6.45) is 1.17. The van der Waals surface area contributed by atoms with Crippen LogP contribution in [0.1, 0.15) is 24.9 Å². The number of nitrogens with zero attached hydrogens (tertiary/aromatic N) is 1. The number of piperazine rings is 1. The van der Waals surface area contributed by atoms with Gasteiger partial charge >= 0.3 is 0 Å². The van der Waals surface area contributed by atoms with Gasteiger partial charge in [-0.05, 0) is 18.1 Å². The van der Waals surface area contributed by atoms with Crippen LogP contribution in [0.5, 0.6) is 0 Å². The Balaban J connectivity index is 0.00000144. The third-order valence-corrected chi connectivity index (χ3v) is 3.97. The molecule has 0 saturated carbocycles. The predicted octanol–water partition coefficient (Wildman–Crippen LogP) is 3.65. The summed E-state index contributed by atoms with van der Waals surface area (Å²) in [5, 5.41) is 3.41. The van der Waals surface area contributed by atoms with E-state index in [0.717, 1.165) is 26.2 Å². The quantitative estimate of drug-likeness (QED) is 0.890. The molecular formula is C13H21BrCl2N2. The van der Waals surface area contributed by atoms with Gasteiger partial charge in [-0.15, -0.1) is 24.8 Å². The Labute approximate surface area is 130 Å². The minimum atomic E-state index is 0. The van der Waals surface area contributed by atoms with E-state index in [1.807, 2.05) is 0 Å². The van der Waals surface area contributed by atoms with Gasteiger partial charge in [-0.3, -0.25) is 4.90 Å². The monoisotopic (exact) mass is 354 g/mol. The SMILES string of the molecule is CC[C@@H](c1ccccc1Br)N1CCNCC1.Cl.Cl. The Hall–Kier alpha value is 0.200. The van der Waals surface area contributed by atoms with E-state index in [9.17, 15) is 0 Å². The topological polar surface area (TPSA) is 15.3 Å². The summed E-state index contributed by atoms with van der Waals surface area (Å²) in [7, 11) is 0. The molecule has 2 rings (SSSR count). The summed E-state index contributed by atoms with van der Waals surface area (Å²) < 4.78 is 1.24. The third kappa shape index (κ3) is 4.39. The first kappa shape index (κ1) is 18.2. The van der Waals surface area contributed by atoms with Crippen LogP contribution in [0.25, 0.3) is 0 Å². The van der Waals surface area contributed by atoms with Gasteiger partial charge in [-0.25, -0.2) is 0 Å². The fourth-order valence-electron chi connectivity index (χ4n) is 2.41. The summed E-state index contributed by atoms with van der Waals surface area (Å²) in [5.74, 6) is 0. The molecule has 0 aromatic heterocycles. The normalized spacial score (nSPS) is 17.4. The van der Waals surface area contributed by atoms with Crippen LogP contribution in [-0.2, 0) is 0 Å². The fraction of sp³-hybridized carbons (Fsp3) is 0.538. The van der Waals surface area contributed by atoms with Crippen LogP contribution in [0.4, 0.5) is 0 Å². The lowest BCUT2D eigenvalue weighted by molar-refractivity contribution is 0.169. The van der Waals surface area contributed by atoms with Crippen LogP contribution in [0.15, 0.2) is 28.7 Å². The second-order valence-electron chi connectivity index (χ2n) is 4.23. The van der Waals surface area contributed by atoms with Crippen LogP contribution >= 0.6 is 40.7 Å². The molecule has 1 fully saturated rings. The van der Waals surface area contributed by atoms with Crippen molar-refractivity contribution in [2.75, 3.05) is 26.2 Å². The number of halogens is 3. The van der Waals surface area contributed by atoms with Crippen molar-refractivity contribution < 1.29 is 0 Å². The van der Waals surface area contributed by atoms with Gasteiger partial charge in [0.15, 0.2) is 0 Å². The first-order valence-electron chi connectivity index (χ1n) is 6.02. The van der Waals surface area contributed by atoms with Gasteiger partial charge in [0.2, 0.25) is 0 Å². The molecule has 0 spiro atoms. The Bertz CT molecular complexity index is 344. The molecule has 2 nitrogen and oxygen atoms in total. The number of nitrogens with one attached hydrogen (secondary N) is 1. The molecule has 0 amide bonds. The molecule has 0 unspecified atom stereocenters. The molecule has 1 aromatic rings. The van der Waals surface area contributed by atoms with E-state index in [0.29, 0.717) is 6.04 Å². The van der Waals surface area contributed by atoms with E-state index in [1.54, 1.807) is 0 Å². The van der Waals surface area contributed by atoms with Gasteiger partial charge < -0.3 is 5.32 Å². The van der Waals surface area contributed by atoms with Gasteiger partial charge in [0.05, 0.1) is 0 Å². The molecule has 0 aliphatic carbocycles. The molecule has 1 atom stereocenters. The highest BCUT2D eigenvalue weighted by atomic mass is 79.9. The van der Waals surface area contributed by atoms with Gasteiger partial charge in [-0.1, -0.05) is 41.1 Å². The van der Waals surface area contributed by atoms with E-state index in [2.05, 4.69) is 57.3 Å². The largest absolute Gasteiger partial charge is 0.314 e. The van der Waals surface area contributed by atoms with Crippen molar-refractivity contribution in [2.45, 2.75) is 19.4 Å². The molecule has 1 aliphatic heterocycles. The molecular weight excluding hydrogens is 335 g/mol. The van der Waals surface area contributed by atoms with Gasteiger partial charge in [0, 0.05) is 36.7 Å². The highest BCUT2D eigenvalue weighted by Crippen LogP contribution is 2.30. The van der Waals surface area contributed by atoms with Crippen molar-refractivity contribution in [1.82, 2.24) is 10.2 Å². The smallest absolute Gasteiger partial charge is 0.0357 e. The molecule has 1 N–H and O–H groups in total. The lowest BCUT2D eigenvalue weighted by atomic mass is 10.0. The lowest BCUT2D eigenvalue weighted by Gasteiger charge is -2.35. The van der Waals surface area contributed by atoms with Crippen LogP contribution in [0.2, 0.25) is 0 Å². The van der Waals surface area contributed by atoms with Gasteiger partial charge in [0.25, 0.3) is 0 Å². The molecule has 0 radical (unpaired) electrons. The summed E-state index contributed by atoms with van der Waals surface area (Å²) in [6.45, 7) is 6.80. The van der Waals surface area contributed by atoms with Crippen molar-refractivity contribution >= 4 is 40.7 Å². The van der Waals surface area contributed by atoms with Crippen molar-refractivity contribution in [3.63, 3.8) is 0 Å². The van der Waals surface area contributed by atoms with Crippen molar-refractivity contribution in [3.05, 3.63) is 34.3 Å². The second-order valence-corrected chi connectivity index (χ2v) is 5.09. The van der Waals surface area contributed by atoms with Crippen molar-refractivity contribution in [2.24, 2.45) is 0 Å². The van der Waals surface area contributed by atoms with Crippen LogP contribution in [0.3, 0.4) is 0 Å². The summed E-state index contributed by atoms with van der Waals surface area (Å²) in [5.41, 5.74) is 1.42. The Morgan fingerprint density at radius 1 is 1.22 bits per heavy atom. The molecule has 5 heteroatoms. The van der Waals surface area contributed by atoms with E-state index in [4.69, 9.17) is 0 Å². The zero-order valence-electron chi connectivity index (χ0n) is 10.6. The lowest BCUT2D eigenvalue weighted by Crippen LogP contribution is -2.45. The zero-order valence-corrected chi connectivity index (χ0v) is 13.8. The maximum Gasteiger partial charge on any atom is 0.0357 e. The number of benzene rings is 1. The molecule has 1 saturated heterocycles. The van der Waals surface area contributed by atoms with E-state index < -0.39 is 0 Å². The van der Waals surface area contributed by atoms with Crippen molar-refractivity contribution in [3.8, 4) is 0 Å². The number of rotatable bonds is 3. The fourth-order valence-corrected chi connectivity index (χ4v) is 2.96. The number of hydrogen-bond donors (Lipinski definition) is 1. The van der Waals surface area contributed by atoms with Gasteiger partial charge in [0.1, 0.15) is 0 Å². The van der Waals surface area contributed by atoms with Crippen LogP contribution in [0, 0.1) is 0 Å². The summed E-state index contributed by atoms with van der Waals surface area (Å²) >= 11 is 3.66. The van der Waals surface area contributed by atoms with E-state index in [1.165, 1.54) is 16.5 Å². The molecule has 18 heavy (non-hydrogen) atoms. The van der Waals surface area contributed by atoms with Gasteiger partial charge in [-0.2, -0.15) is 0 Å². The van der Waals surface area contributed by atoms with E-state index >= 15 is 0 Å². The van der Waals surface area contributed by atoms with Crippen LogP contribution < -0.4 is 5.32 Å². The van der Waals surface area contributed by atoms with E-state index in [-0.39, 0.29) is 24.8 Å². The highest BCUT2D eigenvalue weighted by Gasteiger charge is 2.21. The maximum absolute atomic E-state index is 3.66. The summed E-state index contributed by atoms with van der Waals surface area (Å²) in [4.78, 5) is 2.58. The molecule has 1 heterocycles. The van der Waals surface area contributed by atoms with Crippen LogP contribution in [-0.4, -0.2) is 31.1 Å². The Morgan fingerprint density at radius 3 is 2.39 bits per heavy atom. The minimum Gasteiger partial charge on any atom is -0.314 e. The Morgan fingerprint density at radius 2 is 1.83 bits per heavy atom. The molecule has 104 valence electrons. The van der Waals surface area contributed by atoms with Crippen molar-refractivity contribution in [1.29, 1.82) is 0 Å².